The molecule has 0 bridgehead atoms. The maximum Gasteiger partial charge on any atom is 0.266 e. The van der Waals surface area contributed by atoms with Gasteiger partial charge in [-0.25, -0.2) is 9.37 Å². The lowest BCUT2D eigenvalue weighted by Crippen LogP contribution is -2.22. The second-order valence-electron chi connectivity index (χ2n) is 7.19. The fraction of sp³-hybridized carbons (Fsp3) is 0.167. The van der Waals surface area contributed by atoms with E-state index in [4.69, 9.17) is 0 Å². The summed E-state index contributed by atoms with van der Waals surface area (Å²) in [4.78, 5) is 17.8. The number of rotatable bonds is 5. The predicted molar refractivity (Wildman–Crippen MR) is 117 cm³/mol. The van der Waals surface area contributed by atoms with Crippen LogP contribution in [0.4, 0.5) is 4.39 Å². The number of aromatic nitrogens is 2. The molecular weight excluding hydrogens is 383 g/mol. The van der Waals surface area contributed by atoms with E-state index in [1.165, 1.54) is 28.0 Å². The molecule has 0 atom stereocenters. The molecule has 5 heteroatoms. The maximum atomic E-state index is 14.5. The lowest BCUT2D eigenvalue weighted by atomic mass is 10.0. The lowest BCUT2D eigenvalue weighted by Gasteiger charge is -2.14. The molecule has 0 amide bonds. The molecule has 3 nitrogen and oxygen atoms in total. The van der Waals surface area contributed by atoms with Crippen LogP contribution < -0.4 is 5.56 Å². The Hall–Kier alpha value is -2.92. The van der Waals surface area contributed by atoms with Crippen LogP contribution in [0.1, 0.15) is 30.9 Å². The van der Waals surface area contributed by atoms with Crippen LogP contribution >= 0.6 is 11.8 Å². The quantitative estimate of drug-likeness (QED) is 0.305. The summed E-state index contributed by atoms with van der Waals surface area (Å²) in [5.41, 5.74) is 2.97. The van der Waals surface area contributed by atoms with Gasteiger partial charge in [-0.05, 0) is 41.3 Å². The molecule has 4 rings (SSSR count). The molecule has 1 heterocycles. The minimum Gasteiger partial charge on any atom is -0.268 e. The van der Waals surface area contributed by atoms with Crippen LogP contribution in [0.25, 0.3) is 16.6 Å². The Morgan fingerprint density at radius 1 is 0.966 bits per heavy atom. The Bertz CT molecular complexity index is 1220. The molecule has 3 aromatic carbocycles. The van der Waals surface area contributed by atoms with Crippen molar-refractivity contribution in [1.82, 2.24) is 9.55 Å². The highest BCUT2D eigenvalue weighted by molar-refractivity contribution is 7.98. The zero-order valence-electron chi connectivity index (χ0n) is 16.3. The molecule has 0 aliphatic carbocycles. The predicted octanol–water partition coefficient (Wildman–Crippen LogP) is 5.94. The third-order valence-electron chi connectivity index (χ3n) is 4.85. The standard InChI is InChI=1S/C24H21FN2OS/c1-16(2)18-13-11-17(12-14-18)15-29-24-26-21-9-5-3-7-19(21)23(28)27(24)22-10-6-4-8-20(22)25/h3-14,16H,15H2,1-2H3. The van der Waals surface area contributed by atoms with Crippen LogP contribution in [0.5, 0.6) is 0 Å². The van der Waals surface area contributed by atoms with Crippen molar-refractivity contribution in [2.75, 3.05) is 0 Å². The number of para-hydroxylation sites is 2. The number of nitrogens with zero attached hydrogens (tertiary/aromatic N) is 2. The molecule has 0 saturated heterocycles. The van der Waals surface area contributed by atoms with E-state index in [0.29, 0.717) is 27.7 Å². The molecule has 0 unspecified atom stereocenters. The highest BCUT2D eigenvalue weighted by atomic mass is 32.2. The minimum atomic E-state index is -0.449. The first-order chi connectivity index (χ1) is 14.0. The Morgan fingerprint density at radius 3 is 2.38 bits per heavy atom. The van der Waals surface area contributed by atoms with Crippen LogP contribution in [0.15, 0.2) is 82.7 Å². The first-order valence-corrected chi connectivity index (χ1v) is 10.5. The Labute approximate surface area is 173 Å². The van der Waals surface area contributed by atoms with Gasteiger partial charge in [0.1, 0.15) is 5.82 Å². The van der Waals surface area contributed by atoms with Crippen molar-refractivity contribution >= 4 is 22.7 Å². The molecular formula is C24H21FN2OS. The molecule has 0 aliphatic rings. The van der Waals surface area contributed by atoms with Crippen molar-refractivity contribution in [2.24, 2.45) is 0 Å². The molecule has 1 aromatic heterocycles. The molecule has 4 aromatic rings. The summed E-state index contributed by atoms with van der Waals surface area (Å²) in [5.74, 6) is 0.664. The van der Waals surface area contributed by atoms with Gasteiger partial charge < -0.3 is 0 Å². The van der Waals surface area contributed by atoms with E-state index in [2.05, 4.69) is 43.1 Å². The van der Waals surface area contributed by atoms with E-state index in [1.54, 1.807) is 30.3 Å². The van der Waals surface area contributed by atoms with E-state index in [-0.39, 0.29) is 11.2 Å². The lowest BCUT2D eigenvalue weighted by molar-refractivity contribution is 0.608. The maximum absolute atomic E-state index is 14.5. The molecule has 0 radical (unpaired) electrons. The Balaban J connectivity index is 1.77. The van der Waals surface area contributed by atoms with Gasteiger partial charge >= 0.3 is 0 Å². The number of thioether (sulfide) groups is 1. The topological polar surface area (TPSA) is 34.9 Å². The summed E-state index contributed by atoms with van der Waals surface area (Å²) in [6, 6.07) is 21.9. The molecule has 0 N–H and O–H groups in total. The zero-order chi connectivity index (χ0) is 20.4. The smallest absolute Gasteiger partial charge is 0.266 e. The van der Waals surface area contributed by atoms with Gasteiger partial charge in [0, 0.05) is 5.75 Å². The van der Waals surface area contributed by atoms with E-state index in [9.17, 15) is 9.18 Å². The summed E-state index contributed by atoms with van der Waals surface area (Å²) in [6.45, 7) is 4.33. The van der Waals surface area contributed by atoms with Gasteiger partial charge in [0.25, 0.3) is 5.56 Å². The molecule has 146 valence electrons. The van der Waals surface area contributed by atoms with E-state index in [1.807, 2.05) is 12.1 Å². The summed E-state index contributed by atoms with van der Waals surface area (Å²) >= 11 is 1.43. The molecule has 0 aliphatic heterocycles. The van der Waals surface area contributed by atoms with Gasteiger partial charge in [0.2, 0.25) is 0 Å². The SMILES string of the molecule is CC(C)c1ccc(CSc2nc3ccccc3c(=O)n2-c2ccccc2F)cc1. The van der Waals surface area contributed by atoms with Crippen LogP contribution in [-0.4, -0.2) is 9.55 Å². The fourth-order valence-electron chi connectivity index (χ4n) is 3.20. The van der Waals surface area contributed by atoms with E-state index in [0.717, 1.165) is 5.56 Å². The average Bonchev–Trinajstić information content (AvgIpc) is 2.73. The van der Waals surface area contributed by atoms with Crippen LogP contribution in [0, 0.1) is 5.82 Å². The van der Waals surface area contributed by atoms with E-state index >= 15 is 0 Å². The van der Waals surface area contributed by atoms with Gasteiger partial charge in [-0.1, -0.05) is 74.1 Å². The van der Waals surface area contributed by atoms with Gasteiger partial charge in [-0.3, -0.25) is 9.36 Å². The third-order valence-corrected chi connectivity index (χ3v) is 5.86. The molecule has 0 spiro atoms. The minimum absolute atomic E-state index is 0.216. The highest BCUT2D eigenvalue weighted by Crippen LogP contribution is 2.26. The molecule has 29 heavy (non-hydrogen) atoms. The summed E-state index contributed by atoms with van der Waals surface area (Å²) < 4.78 is 15.9. The first-order valence-electron chi connectivity index (χ1n) is 9.53. The van der Waals surface area contributed by atoms with Crippen LogP contribution in [0.2, 0.25) is 0 Å². The van der Waals surface area contributed by atoms with Gasteiger partial charge in [-0.15, -0.1) is 0 Å². The monoisotopic (exact) mass is 404 g/mol. The van der Waals surface area contributed by atoms with Crippen LogP contribution in [0.3, 0.4) is 0 Å². The summed E-state index contributed by atoms with van der Waals surface area (Å²) in [7, 11) is 0. The Morgan fingerprint density at radius 2 is 1.66 bits per heavy atom. The zero-order valence-corrected chi connectivity index (χ0v) is 17.1. The van der Waals surface area contributed by atoms with Crippen molar-refractivity contribution < 1.29 is 4.39 Å². The second-order valence-corrected chi connectivity index (χ2v) is 8.13. The van der Waals surface area contributed by atoms with E-state index < -0.39 is 5.82 Å². The van der Waals surface area contributed by atoms with Crippen molar-refractivity contribution in [1.29, 1.82) is 0 Å². The van der Waals surface area contributed by atoms with Crippen LogP contribution in [-0.2, 0) is 5.75 Å². The number of hydrogen-bond acceptors (Lipinski definition) is 3. The number of halogens is 1. The number of fused-ring (bicyclic) bond motifs is 1. The van der Waals surface area contributed by atoms with Gasteiger partial charge in [-0.2, -0.15) is 0 Å². The first kappa shape index (κ1) is 19.4. The van der Waals surface area contributed by atoms with Crippen molar-refractivity contribution in [3.05, 3.63) is 100 Å². The normalized spacial score (nSPS) is 11.3. The largest absolute Gasteiger partial charge is 0.268 e. The molecule has 0 saturated carbocycles. The average molecular weight is 405 g/mol. The summed E-state index contributed by atoms with van der Waals surface area (Å²) in [5, 5.41) is 0.952. The van der Waals surface area contributed by atoms with Crippen molar-refractivity contribution in [2.45, 2.75) is 30.7 Å². The fourth-order valence-corrected chi connectivity index (χ4v) is 4.16. The Kier molecular flexibility index (Phi) is 5.49. The number of hydrogen-bond donors (Lipinski definition) is 0. The van der Waals surface area contributed by atoms with Crippen molar-refractivity contribution in [3.63, 3.8) is 0 Å². The number of benzene rings is 3. The third kappa shape index (κ3) is 3.96. The van der Waals surface area contributed by atoms with Gasteiger partial charge in [0.15, 0.2) is 5.16 Å². The molecule has 0 fully saturated rings. The summed E-state index contributed by atoms with van der Waals surface area (Å²) in [6.07, 6.45) is 0. The van der Waals surface area contributed by atoms with Gasteiger partial charge in [0.05, 0.1) is 16.6 Å². The second kappa shape index (κ2) is 8.21. The van der Waals surface area contributed by atoms with Crippen molar-refractivity contribution in [3.8, 4) is 5.69 Å². The highest BCUT2D eigenvalue weighted by Gasteiger charge is 2.16.